The number of halogens is 3. The number of ether oxygens (including phenoxy) is 1. The fourth-order valence-corrected chi connectivity index (χ4v) is 1.54. The van der Waals surface area contributed by atoms with E-state index in [0.717, 1.165) is 25.7 Å². The summed E-state index contributed by atoms with van der Waals surface area (Å²) >= 11 is 0. The van der Waals surface area contributed by atoms with Gasteiger partial charge in [0, 0.05) is 6.92 Å². The first-order valence-electron chi connectivity index (χ1n) is 6.26. The molecule has 0 aliphatic heterocycles. The summed E-state index contributed by atoms with van der Waals surface area (Å²) in [6.45, 7) is 1.77. The molecule has 0 aromatic rings. The molecule has 0 N–H and O–H groups in total. The Bertz CT molecular complexity index is 244. The monoisotopic (exact) mass is 266 g/mol. The molecule has 0 spiro atoms. The molecule has 0 aliphatic rings. The van der Waals surface area contributed by atoms with Crippen LogP contribution in [0.3, 0.4) is 0 Å². The van der Waals surface area contributed by atoms with E-state index < -0.39 is 12.3 Å². The standard InChI is InChI=1S/C13H21F3O2/c1-11(17)18-10-6-4-2-3-5-7-12(15)13(16)8-9-14/h8-9,12-13H,2-7,10H2,1H3. The number of unbranched alkanes of at least 4 members (excludes halogenated alkanes) is 4. The third kappa shape index (κ3) is 10.2. The fourth-order valence-electron chi connectivity index (χ4n) is 1.54. The number of hydrogen-bond donors (Lipinski definition) is 0. The highest BCUT2D eigenvalue weighted by atomic mass is 19.2. The van der Waals surface area contributed by atoms with Crippen LogP contribution in [0.4, 0.5) is 13.2 Å². The van der Waals surface area contributed by atoms with Crippen LogP contribution in [0.15, 0.2) is 12.4 Å². The van der Waals surface area contributed by atoms with Crippen LogP contribution < -0.4 is 0 Å². The third-order valence-electron chi connectivity index (χ3n) is 2.53. The van der Waals surface area contributed by atoms with E-state index in [0.29, 0.717) is 19.1 Å². The Morgan fingerprint density at radius 3 is 2.39 bits per heavy atom. The molecule has 5 heteroatoms. The minimum absolute atomic E-state index is 0.0340. The summed E-state index contributed by atoms with van der Waals surface area (Å²) in [4.78, 5) is 10.4. The first-order chi connectivity index (χ1) is 8.57. The van der Waals surface area contributed by atoms with Crippen molar-refractivity contribution in [2.45, 2.75) is 57.8 Å². The van der Waals surface area contributed by atoms with Gasteiger partial charge in [0.1, 0.15) is 6.17 Å². The van der Waals surface area contributed by atoms with Gasteiger partial charge < -0.3 is 4.74 Å². The van der Waals surface area contributed by atoms with Crippen molar-refractivity contribution >= 4 is 5.97 Å². The lowest BCUT2D eigenvalue weighted by molar-refractivity contribution is -0.141. The summed E-state index contributed by atoms with van der Waals surface area (Å²) in [5.41, 5.74) is 0. The average molecular weight is 266 g/mol. The van der Waals surface area contributed by atoms with Crippen molar-refractivity contribution in [3.63, 3.8) is 0 Å². The maximum Gasteiger partial charge on any atom is 0.302 e. The molecule has 0 saturated carbocycles. The van der Waals surface area contributed by atoms with Gasteiger partial charge in [-0.2, -0.15) is 0 Å². The van der Waals surface area contributed by atoms with Crippen LogP contribution in [-0.4, -0.2) is 24.9 Å². The van der Waals surface area contributed by atoms with E-state index in [4.69, 9.17) is 4.74 Å². The predicted octanol–water partition coefficient (Wildman–Crippen LogP) is 4.05. The second kappa shape index (κ2) is 11.1. The SMILES string of the molecule is CC(=O)OCCCCCCCC(F)C(F)C=CF. The molecule has 106 valence electrons. The number of alkyl halides is 2. The van der Waals surface area contributed by atoms with Gasteiger partial charge in [0.15, 0.2) is 6.17 Å². The van der Waals surface area contributed by atoms with E-state index in [1.54, 1.807) is 0 Å². The molecule has 0 aliphatic carbocycles. The number of allylic oxidation sites excluding steroid dienone is 1. The third-order valence-corrected chi connectivity index (χ3v) is 2.53. The Hall–Kier alpha value is -1.00. The van der Waals surface area contributed by atoms with Gasteiger partial charge in [-0.05, 0) is 18.9 Å². The van der Waals surface area contributed by atoms with E-state index >= 15 is 0 Å². The maximum absolute atomic E-state index is 13.1. The predicted molar refractivity (Wildman–Crippen MR) is 64.4 cm³/mol. The van der Waals surface area contributed by atoms with Crippen molar-refractivity contribution in [3.8, 4) is 0 Å². The molecule has 2 atom stereocenters. The van der Waals surface area contributed by atoms with Gasteiger partial charge in [0.05, 0.1) is 12.9 Å². The first-order valence-corrected chi connectivity index (χ1v) is 6.26. The van der Waals surface area contributed by atoms with Crippen molar-refractivity contribution in [3.05, 3.63) is 12.4 Å². The Morgan fingerprint density at radius 1 is 1.17 bits per heavy atom. The molecule has 0 saturated heterocycles. The van der Waals surface area contributed by atoms with Crippen LogP contribution >= 0.6 is 0 Å². The fraction of sp³-hybridized carbons (Fsp3) is 0.769. The first kappa shape index (κ1) is 17.0. The van der Waals surface area contributed by atoms with Gasteiger partial charge in [-0.3, -0.25) is 4.79 Å². The van der Waals surface area contributed by atoms with Gasteiger partial charge >= 0.3 is 5.97 Å². The molecule has 0 aromatic carbocycles. The molecule has 0 rings (SSSR count). The number of carbonyl (C=O) groups is 1. The summed E-state index contributed by atoms with van der Waals surface area (Å²) in [5, 5.41) is 0. The van der Waals surface area contributed by atoms with Gasteiger partial charge in [-0.15, -0.1) is 0 Å². The maximum atomic E-state index is 13.1. The molecule has 0 radical (unpaired) electrons. The Kier molecular flexibility index (Phi) is 10.5. The lowest BCUT2D eigenvalue weighted by Crippen LogP contribution is -2.14. The topological polar surface area (TPSA) is 26.3 Å². The molecular weight excluding hydrogens is 245 g/mol. The van der Waals surface area contributed by atoms with Crippen molar-refractivity contribution in [1.82, 2.24) is 0 Å². The molecule has 0 heterocycles. The highest BCUT2D eigenvalue weighted by Crippen LogP contribution is 2.15. The quantitative estimate of drug-likeness (QED) is 0.440. The van der Waals surface area contributed by atoms with Gasteiger partial charge in [-0.25, -0.2) is 13.2 Å². The van der Waals surface area contributed by atoms with E-state index in [2.05, 4.69) is 0 Å². The summed E-state index contributed by atoms with van der Waals surface area (Å²) in [5.74, 6) is -0.287. The molecular formula is C13H21F3O2. The molecule has 2 unspecified atom stereocenters. The van der Waals surface area contributed by atoms with E-state index in [1.807, 2.05) is 0 Å². The van der Waals surface area contributed by atoms with Crippen LogP contribution in [0, 0.1) is 0 Å². The number of hydrogen-bond acceptors (Lipinski definition) is 2. The Balaban J connectivity index is 3.32. The molecule has 0 fully saturated rings. The molecule has 2 nitrogen and oxygen atoms in total. The van der Waals surface area contributed by atoms with E-state index in [9.17, 15) is 18.0 Å². The number of rotatable bonds is 10. The zero-order chi connectivity index (χ0) is 13.8. The second-order valence-electron chi connectivity index (χ2n) is 4.18. The molecule has 0 bridgehead atoms. The minimum Gasteiger partial charge on any atom is -0.466 e. The van der Waals surface area contributed by atoms with Gasteiger partial charge in [0.2, 0.25) is 0 Å². The highest BCUT2D eigenvalue weighted by Gasteiger charge is 2.16. The van der Waals surface area contributed by atoms with Crippen LogP contribution in [0.2, 0.25) is 0 Å². The van der Waals surface area contributed by atoms with Crippen LogP contribution in [-0.2, 0) is 9.53 Å². The summed E-state index contributed by atoms with van der Waals surface area (Å²) in [6, 6.07) is 0. The molecule has 18 heavy (non-hydrogen) atoms. The van der Waals surface area contributed by atoms with Crippen molar-refractivity contribution in [2.75, 3.05) is 6.61 Å². The van der Waals surface area contributed by atoms with Crippen LogP contribution in [0.25, 0.3) is 0 Å². The van der Waals surface area contributed by atoms with E-state index in [1.165, 1.54) is 6.92 Å². The van der Waals surface area contributed by atoms with Crippen LogP contribution in [0.1, 0.15) is 45.4 Å². The summed E-state index contributed by atoms with van der Waals surface area (Å²) < 4.78 is 42.2. The van der Waals surface area contributed by atoms with Crippen molar-refractivity contribution in [1.29, 1.82) is 0 Å². The molecule has 0 amide bonds. The Morgan fingerprint density at radius 2 is 1.78 bits per heavy atom. The summed E-state index contributed by atoms with van der Waals surface area (Å²) in [6.07, 6.45) is 1.21. The highest BCUT2D eigenvalue weighted by molar-refractivity contribution is 5.65. The number of esters is 1. The molecule has 0 aromatic heterocycles. The second-order valence-corrected chi connectivity index (χ2v) is 4.18. The normalized spacial score (nSPS) is 14.7. The summed E-state index contributed by atoms with van der Waals surface area (Å²) in [7, 11) is 0. The lowest BCUT2D eigenvalue weighted by Gasteiger charge is -2.09. The lowest BCUT2D eigenvalue weighted by atomic mass is 10.1. The average Bonchev–Trinajstić information content (AvgIpc) is 2.32. The van der Waals surface area contributed by atoms with E-state index in [-0.39, 0.29) is 18.7 Å². The Labute approximate surface area is 106 Å². The zero-order valence-corrected chi connectivity index (χ0v) is 10.7. The van der Waals surface area contributed by atoms with Crippen molar-refractivity contribution in [2.24, 2.45) is 0 Å². The zero-order valence-electron chi connectivity index (χ0n) is 10.7. The van der Waals surface area contributed by atoms with Crippen LogP contribution in [0.5, 0.6) is 0 Å². The van der Waals surface area contributed by atoms with Crippen molar-refractivity contribution < 1.29 is 22.7 Å². The largest absolute Gasteiger partial charge is 0.466 e. The van der Waals surface area contributed by atoms with Gasteiger partial charge in [-0.1, -0.05) is 25.7 Å². The smallest absolute Gasteiger partial charge is 0.302 e. The number of carbonyl (C=O) groups excluding carboxylic acids is 1. The van der Waals surface area contributed by atoms with Gasteiger partial charge in [0.25, 0.3) is 0 Å². The minimum atomic E-state index is -1.85.